The van der Waals surface area contributed by atoms with Crippen LogP contribution in [0.15, 0.2) is 30.3 Å². The van der Waals surface area contributed by atoms with Crippen molar-refractivity contribution in [2.75, 3.05) is 13.2 Å². The number of amides is 1. The van der Waals surface area contributed by atoms with Crippen LogP contribution in [0.3, 0.4) is 0 Å². The van der Waals surface area contributed by atoms with Crippen LogP contribution in [-0.2, 0) is 4.79 Å². The van der Waals surface area contributed by atoms with Gasteiger partial charge in [-0.2, -0.15) is 0 Å². The molecule has 1 N–H and O–H groups in total. The average Bonchev–Trinajstić information content (AvgIpc) is 2.52. The maximum Gasteiger partial charge on any atom is 0.299 e. The van der Waals surface area contributed by atoms with E-state index in [4.69, 9.17) is 5.11 Å². The van der Waals surface area contributed by atoms with Crippen LogP contribution >= 0.6 is 0 Å². The highest BCUT2D eigenvalue weighted by Gasteiger charge is 2.23. The molecular formula is C17H21NO2. The zero-order valence-corrected chi connectivity index (χ0v) is 11.7. The maximum atomic E-state index is 12.2. The summed E-state index contributed by atoms with van der Waals surface area (Å²) in [4.78, 5) is 14.0. The average molecular weight is 271 g/mol. The van der Waals surface area contributed by atoms with Crippen molar-refractivity contribution in [1.29, 1.82) is 0 Å². The maximum absolute atomic E-state index is 12.2. The third-order valence-corrected chi connectivity index (χ3v) is 3.70. The van der Waals surface area contributed by atoms with Gasteiger partial charge >= 0.3 is 0 Å². The number of nitrogens with zero attached hydrogens (tertiary/aromatic N) is 1. The monoisotopic (exact) mass is 271 g/mol. The lowest BCUT2D eigenvalue weighted by molar-refractivity contribution is -0.128. The van der Waals surface area contributed by atoms with E-state index < -0.39 is 0 Å². The van der Waals surface area contributed by atoms with E-state index in [1.807, 2.05) is 30.3 Å². The van der Waals surface area contributed by atoms with Crippen LogP contribution in [0.2, 0.25) is 0 Å². The molecule has 20 heavy (non-hydrogen) atoms. The van der Waals surface area contributed by atoms with Gasteiger partial charge in [0.25, 0.3) is 5.91 Å². The summed E-state index contributed by atoms with van der Waals surface area (Å²) < 4.78 is 0. The first kappa shape index (κ1) is 14.6. The fourth-order valence-electron chi connectivity index (χ4n) is 2.67. The number of carbonyl (C=O) groups is 1. The van der Waals surface area contributed by atoms with Crippen LogP contribution in [0.4, 0.5) is 0 Å². The Labute approximate surface area is 120 Å². The summed E-state index contributed by atoms with van der Waals surface area (Å²) >= 11 is 0. The minimum Gasteiger partial charge on any atom is -0.395 e. The number of aliphatic hydroxyl groups excluding tert-OH is 1. The quantitative estimate of drug-likeness (QED) is 0.856. The second-order valence-corrected chi connectivity index (χ2v) is 5.13. The summed E-state index contributed by atoms with van der Waals surface area (Å²) in [5, 5.41) is 9.16. The Hall–Kier alpha value is -1.79. The molecule has 0 saturated heterocycles. The molecule has 106 valence electrons. The van der Waals surface area contributed by atoms with Gasteiger partial charge in [-0.1, -0.05) is 43.4 Å². The van der Waals surface area contributed by atoms with Crippen LogP contribution < -0.4 is 0 Å². The molecule has 0 aromatic heterocycles. The molecule has 0 spiro atoms. The molecule has 3 nitrogen and oxygen atoms in total. The van der Waals surface area contributed by atoms with Gasteiger partial charge in [-0.15, -0.1) is 0 Å². The highest BCUT2D eigenvalue weighted by molar-refractivity contribution is 5.94. The lowest BCUT2D eigenvalue weighted by Gasteiger charge is -2.32. The SMILES string of the molecule is O=C(C#Cc1ccccc1)N(CCO)C1CCCCC1. The van der Waals surface area contributed by atoms with Gasteiger partial charge in [-0.3, -0.25) is 4.79 Å². The van der Waals surface area contributed by atoms with Crippen LogP contribution in [-0.4, -0.2) is 35.1 Å². The van der Waals surface area contributed by atoms with E-state index >= 15 is 0 Å². The lowest BCUT2D eigenvalue weighted by atomic mass is 9.94. The molecule has 1 saturated carbocycles. The summed E-state index contributed by atoms with van der Waals surface area (Å²) in [6, 6.07) is 9.75. The number of hydrogen-bond donors (Lipinski definition) is 1. The zero-order valence-electron chi connectivity index (χ0n) is 11.7. The fourth-order valence-corrected chi connectivity index (χ4v) is 2.67. The molecular weight excluding hydrogens is 250 g/mol. The molecule has 0 radical (unpaired) electrons. The second-order valence-electron chi connectivity index (χ2n) is 5.13. The van der Waals surface area contributed by atoms with Crippen LogP contribution in [0.25, 0.3) is 0 Å². The van der Waals surface area contributed by atoms with Gasteiger partial charge in [0.1, 0.15) is 0 Å². The zero-order chi connectivity index (χ0) is 14.2. The van der Waals surface area contributed by atoms with Gasteiger partial charge < -0.3 is 10.0 Å². The Balaban J connectivity index is 2.05. The third-order valence-electron chi connectivity index (χ3n) is 3.70. The Bertz CT molecular complexity index is 481. The van der Waals surface area contributed by atoms with Crippen molar-refractivity contribution in [1.82, 2.24) is 4.90 Å². The molecule has 1 aromatic carbocycles. The van der Waals surface area contributed by atoms with Crippen molar-refractivity contribution in [3.63, 3.8) is 0 Å². The van der Waals surface area contributed by atoms with Crippen molar-refractivity contribution in [3.8, 4) is 11.8 Å². The summed E-state index contributed by atoms with van der Waals surface area (Å²) in [5.74, 6) is 5.44. The van der Waals surface area contributed by atoms with Crippen molar-refractivity contribution in [3.05, 3.63) is 35.9 Å². The number of aliphatic hydroxyl groups is 1. The first-order chi connectivity index (χ1) is 9.81. The molecule has 1 aliphatic carbocycles. The molecule has 1 amide bonds. The standard InChI is InChI=1S/C17H21NO2/c19-14-13-18(16-9-5-2-6-10-16)17(20)12-11-15-7-3-1-4-8-15/h1,3-4,7-8,16,19H,2,5-6,9-10,13-14H2. The van der Waals surface area contributed by atoms with Gasteiger partial charge in [0.2, 0.25) is 0 Å². The van der Waals surface area contributed by atoms with E-state index in [1.165, 1.54) is 6.42 Å². The van der Waals surface area contributed by atoms with Gasteiger partial charge in [0.05, 0.1) is 6.61 Å². The molecule has 1 fully saturated rings. The van der Waals surface area contributed by atoms with Gasteiger partial charge in [-0.25, -0.2) is 0 Å². The third kappa shape index (κ3) is 4.11. The van der Waals surface area contributed by atoms with Crippen molar-refractivity contribution in [2.45, 2.75) is 38.1 Å². The number of hydrogen-bond acceptors (Lipinski definition) is 2. The van der Waals surface area contributed by atoms with Gasteiger partial charge in [0, 0.05) is 24.1 Å². The molecule has 0 aliphatic heterocycles. The predicted molar refractivity (Wildman–Crippen MR) is 79.0 cm³/mol. The number of benzene rings is 1. The molecule has 0 heterocycles. The minimum atomic E-state index is -0.171. The number of rotatable bonds is 3. The van der Waals surface area contributed by atoms with E-state index in [0.717, 1.165) is 31.2 Å². The fraction of sp³-hybridized carbons (Fsp3) is 0.471. The van der Waals surface area contributed by atoms with Gasteiger partial charge in [-0.05, 0) is 25.0 Å². The van der Waals surface area contributed by atoms with Crippen molar-refractivity contribution >= 4 is 5.91 Å². The molecule has 3 heteroatoms. The molecule has 2 rings (SSSR count). The predicted octanol–water partition coefficient (Wildman–Crippen LogP) is 2.19. The van der Waals surface area contributed by atoms with E-state index in [-0.39, 0.29) is 18.6 Å². The Morgan fingerprint density at radius 1 is 1.20 bits per heavy atom. The summed E-state index contributed by atoms with van der Waals surface area (Å²) in [7, 11) is 0. The largest absolute Gasteiger partial charge is 0.395 e. The van der Waals surface area contributed by atoms with Crippen LogP contribution in [0.1, 0.15) is 37.7 Å². The summed E-state index contributed by atoms with van der Waals surface area (Å²) in [5.41, 5.74) is 0.841. The lowest BCUT2D eigenvalue weighted by Crippen LogP contribution is -2.42. The van der Waals surface area contributed by atoms with E-state index in [0.29, 0.717) is 6.54 Å². The molecule has 0 atom stereocenters. The molecule has 0 bridgehead atoms. The van der Waals surface area contributed by atoms with E-state index in [1.54, 1.807) is 4.90 Å². The van der Waals surface area contributed by atoms with Crippen LogP contribution in [0.5, 0.6) is 0 Å². The summed E-state index contributed by atoms with van der Waals surface area (Å²) in [6.07, 6.45) is 5.61. The first-order valence-corrected chi connectivity index (χ1v) is 7.30. The Kier molecular flexibility index (Phi) is 5.64. The normalized spacial score (nSPS) is 15.2. The topological polar surface area (TPSA) is 40.5 Å². The minimum absolute atomic E-state index is 0.00471. The van der Waals surface area contributed by atoms with E-state index in [9.17, 15) is 4.79 Å². The van der Waals surface area contributed by atoms with Gasteiger partial charge in [0.15, 0.2) is 0 Å². The smallest absolute Gasteiger partial charge is 0.299 e. The highest BCUT2D eigenvalue weighted by atomic mass is 16.3. The van der Waals surface area contributed by atoms with Crippen molar-refractivity contribution < 1.29 is 9.90 Å². The molecule has 1 aliphatic rings. The molecule has 0 unspecified atom stereocenters. The number of carbonyl (C=O) groups excluding carboxylic acids is 1. The van der Waals surface area contributed by atoms with Crippen molar-refractivity contribution in [2.24, 2.45) is 0 Å². The van der Waals surface area contributed by atoms with E-state index in [2.05, 4.69) is 11.8 Å². The van der Waals surface area contributed by atoms with Crippen LogP contribution in [0, 0.1) is 11.8 Å². The summed E-state index contributed by atoms with van der Waals surface area (Å²) in [6.45, 7) is 0.377. The highest BCUT2D eigenvalue weighted by Crippen LogP contribution is 2.22. The second kappa shape index (κ2) is 7.72. The molecule has 1 aromatic rings. The Morgan fingerprint density at radius 2 is 1.90 bits per heavy atom. The Morgan fingerprint density at radius 3 is 2.55 bits per heavy atom. The first-order valence-electron chi connectivity index (χ1n) is 7.30.